The molecule has 0 saturated carbocycles. The summed E-state index contributed by atoms with van der Waals surface area (Å²) < 4.78 is 16.3. The van der Waals surface area contributed by atoms with Gasteiger partial charge in [0.15, 0.2) is 0 Å². The molecule has 0 saturated heterocycles. The molecule has 0 amide bonds. The van der Waals surface area contributed by atoms with Gasteiger partial charge in [0.25, 0.3) is 0 Å². The number of rotatable bonds is 6. The van der Waals surface area contributed by atoms with Crippen LogP contribution in [-0.2, 0) is 13.3 Å². The second-order valence-corrected chi connectivity index (χ2v) is 7.13. The van der Waals surface area contributed by atoms with Gasteiger partial charge in [0, 0.05) is 32.4 Å². The molecule has 0 aromatic rings. The minimum absolute atomic E-state index is 0.106. The van der Waals surface area contributed by atoms with Crippen LogP contribution >= 0.6 is 0 Å². The van der Waals surface area contributed by atoms with E-state index < -0.39 is 8.80 Å². The number of nitrogens with two attached hydrogens (primary N) is 1. The van der Waals surface area contributed by atoms with Gasteiger partial charge in [-0.15, -0.1) is 0 Å². The van der Waals surface area contributed by atoms with Crippen LogP contribution in [0.3, 0.4) is 0 Å². The van der Waals surface area contributed by atoms with E-state index in [0.29, 0.717) is 0 Å². The van der Waals surface area contributed by atoms with Crippen molar-refractivity contribution in [3.8, 4) is 0 Å². The Morgan fingerprint density at radius 3 is 1.57 bits per heavy atom. The second-order valence-electron chi connectivity index (χ2n) is 4.00. The normalized spacial score (nSPS) is 15.6. The minimum Gasteiger partial charge on any atom is -0.377 e. The van der Waals surface area contributed by atoms with Crippen molar-refractivity contribution in [2.24, 2.45) is 5.73 Å². The van der Waals surface area contributed by atoms with Crippen molar-refractivity contribution in [1.82, 2.24) is 0 Å². The number of hydrogen-bond acceptors (Lipinski definition) is 4. The van der Waals surface area contributed by atoms with Crippen LogP contribution in [0.4, 0.5) is 0 Å². The van der Waals surface area contributed by atoms with Crippen molar-refractivity contribution in [3.05, 3.63) is 0 Å². The smallest absolute Gasteiger partial charge is 0.377 e. The lowest BCUT2D eigenvalue weighted by Gasteiger charge is -2.39. The summed E-state index contributed by atoms with van der Waals surface area (Å²) in [5, 5.41) is 0. The summed E-state index contributed by atoms with van der Waals surface area (Å²) in [6, 6.07) is 0. The first-order chi connectivity index (χ1) is 6.37. The molecule has 86 valence electrons. The van der Waals surface area contributed by atoms with E-state index in [1.165, 1.54) is 0 Å². The highest BCUT2D eigenvalue weighted by Crippen LogP contribution is 2.35. The second kappa shape index (κ2) is 5.23. The molecule has 0 aromatic carbocycles. The predicted octanol–water partition coefficient (Wildman–Crippen LogP) is 1.38. The van der Waals surface area contributed by atoms with Gasteiger partial charge in [-0.2, -0.15) is 0 Å². The average Bonchev–Trinajstić information content (AvgIpc) is 2.12. The summed E-state index contributed by atoms with van der Waals surface area (Å²) in [5.41, 5.74) is 5.85. The third kappa shape index (κ3) is 2.77. The topological polar surface area (TPSA) is 53.7 Å². The summed E-state index contributed by atoms with van der Waals surface area (Å²) in [5.74, 6) is 0. The lowest BCUT2D eigenvalue weighted by atomic mass is 10.00. The Kier molecular flexibility index (Phi) is 5.25. The monoisotopic (exact) mass is 221 g/mol. The van der Waals surface area contributed by atoms with Crippen LogP contribution in [0.1, 0.15) is 27.2 Å². The third-order valence-corrected chi connectivity index (χ3v) is 6.30. The van der Waals surface area contributed by atoms with E-state index in [1.54, 1.807) is 21.3 Å². The van der Waals surface area contributed by atoms with Crippen molar-refractivity contribution in [2.45, 2.75) is 38.3 Å². The van der Waals surface area contributed by atoms with Gasteiger partial charge in [0.1, 0.15) is 0 Å². The molecule has 0 rings (SSSR count). The number of hydrogen-bond donors (Lipinski definition) is 1. The lowest BCUT2D eigenvalue weighted by molar-refractivity contribution is 0.0992. The molecule has 1 atom stereocenters. The van der Waals surface area contributed by atoms with Gasteiger partial charge < -0.3 is 19.0 Å². The highest BCUT2D eigenvalue weighted by Gasteiger charge is 2.51. The summed E-state index contributed by atoms with van der Waals surface area (Å²) in [7, 11) is 2.25. The Morgan fingerprint density at radius 1 is 1.14 bits per heavy atom. The van der Waals surface area contributed by atoms with Crippen molar-refractivity contribution in [3.63, 3.8) is 0 Å². The quantitative estimate of drug-likeness (QED) is 0.689. The van der Waals surface area contributed by atoms with E-state index in [9.17, 15) is 0 Å². The molecule has 0 aliphatic carbocycles. The van der Waals surface area contributed by atoms with Crippen LogP contribution in [0.15, 0.2) is 0 Å². The molecule has 5 heteroatoms. The Hall–Kier alpha value is 0.0569. The fourth-order valence-corrected chi connectivity index (χ4v) is 4.67. The van der Waals surface area contributed by atoms with Crippen LogP contribution in [0.5, 0.6) is 0 Å². The molecule has 1 unspecified atom stereocenters. The first-order valence-corrected chi connectivity index (χ1v) is 6.62. The van der Waals surface area contributed by atoms with Crippen molar-refractivity contribution >= 4 is 8.80 Å². The van der Waals surface area contributed by atoms with Gasteiger partial charge in [-0.25, -0.2) is 0 Å². The molecule has 0 aliphatic rings. The lowest BCUT2D eigenvalue weighted by Crippen LogP contribution is -2.57. The SMILES string of the molecule is CCC(C(C)(C)N)[Si](OC)(OC)OC. The maximum absolute atomic E-state index is 6.10. The summed E-state index contributed by atoms with van der Waals surface area (Å²) in [4.78, 5) is 0. The van der Waals surface area contributed by atoms with Gasteiger partial charge in [0.2, 0.25) is 0 Å². The molecule has 0 spiro atoms. The van der Waals surface area contributed by atoms with E-state index in [-0.39, 0.29) is 11.1 Å². The highest BCUT2D eigenvalue weighted by molar-refractivity contribution is 6.62. The highest BCUT2D eigenvalue weighted by atomic mass is 28.4. The zero-order chi connectivity index (χ0) is 11.4. The van der Waals surface area contributed by atoms with Crippen molar-refractivity contribution in [1.29, 1.82) is 0 Å². The molecule has 0 heterocycles. The van der Waals surface area contributed by atoms with Gasteiger partial charge >= 0.3 is 8.80 Å². The molecule has 0 bridgehead atoms. The van der Waals surface area contributed by atoms with Crippen LogP contribution in [0, 0.1) is 0 Å². The first-order valence-electron chi connectivity index (χ1n) is 4.82. The molecule has 0 radical (unpaired) electrons. The standard InChI is InChI=1S/C9H23NO3Si/c1-7-8(9(2,3)10)14(11-4,12-5)13-6/h8H,7,10H2,1-6H3. The van der Waals surface area contributed by atoms with Gasteiger partial charge in [-0.1, -0.05) is 6.92 Å². The molecular weight excluding hydrogens is 198 g/mol. The van der Waals surface area contributed by atoms with Crippen LogP contribution in [-0.4, -0.2) is 35.7 Å². The Labute approximate surface area is 88.1 Å². The molecule has 0 fully saturated rings. The summed E-state index contributed by atoms with van der Waals surface area (Å²) >= 11 is 0. The fraction of sp³-hybridized carbons (Fsp3) is 1.00. The van der Waals surface area contributed by atoms with E-state index in [4.69, 9.17) is 19.0 Å². The molecular formula is C9H23NO3Si. The molecule has 0 aliphatic heterocycles. The van der Waals surface area contributed by atoms with Crippen LogP contribution < -0.4 is 5.73 Å². The van der Waals surface area contributed by atoms with E-state index >= 15 is 0 Å². The molecule has 14 heavy (non-hydrogen) atoms. The van der Waals surface area contributed by atoms with Crippen molar-refractivity contribution in [2.75, 3.05) is 21.3 Å². The molecule has 0 aromatic heterocycles. The summed E-state index contributed by atoms with van der Waals surface area (Å²) in [6.07, 6.45) is 0.880. The minimum atomic E-state index is -2.61. The predicted molar refractivity (Wildman–Crippen MR) is 59.1 cm³/mol. The average molecular weight is 221 g/mol. The van der Waals surface area contributed by atoms with Gasteiger partial charge in [0.05, 0.1) is 0 Å². The molecule has 4 nitrogen and oxygen atoms in total. The Balaban J connectivity index is 4.94. The van der Waals surface area contributed by atoms with Gasteiger partial charge in [-0.3, -0.25) is 0 Å². The van der Waals surface area contributed by atoms with E-state index in [0.717, 1.165) is 6.42 Å². The van der Waals surface area contributed by atoms with Crippen LogP contribution in [0.2, 0.25) is 5.54 Å². The zero-order valence-electron chi connectivity index (χ0n) is 10.1. The fourth-order valence-electron chi connectivity index (χ4n) is 1.91. The largest absolute Gasteiger partial charge is 0.505 e. The molecule has 2 N–H and O–H groups in total. The Morgan fingerprint density at radius 2 is 1.50 bits per heavy atom. The van der Waals surface area contributed by atoms with Crippen molar-refractivity contribution < 1.29 is 13.3 Å². The maximum Gasteiger partial charge on any atom is 0.505 e. The Bertz CT molecular complexity index is 158. The first kappa shape index (κ1) is 14.1. The van der Waals surface area contributed by atoms with Gasteiger partial charge in [-0.05, 0) is 20.3 Å². The third-order valence-electron chi connectivity index (χ3n) is 2.59. The summed E-state index contributed by atoms with van der Waals surface area (Å²) in [6.45, 7) is 6.01. The maximum atomic E-state index is 6.10. The van der Waals surface area contributed by atoms with E-state index in [1.807, 2.05) is 13.8 Å². The van der Waals surface area contributed by atoms with E-state index in [2.05, 4.69) is 6.92 Å². The van der Waals surface area contributed by atoms with Crippen LogP contribution in [0.25, 0.3) is 0 Å². The zero-order valence-corrected chi connectivity index (χ0v) is 11.1.